The summed E-state index contributed by atoms with van der Waals surface area (Å²) in [7, 11) is 0. The second-order valence-corrected chi connectivity index (χ2v) is 9.37. The van der Waals surface area contributed by atoms with Crippen molar-refractivity contribution in [3.05, 3.63) is 18.2 Å². The van der Waals surface area contributed by atoms with Crippen molar-refractivity contribution in [2.75, 3.05) is 6.61 Å². The molecular formula is C27H44O5. The largest absolute Gasteiger partial charge is 0.490 e. The molecule has 0 aromatic heterocycles. The van der Waals surface area contributed by atoms with Gasteiger partial charge in [0, 0.05) is 12.8 Å². The molecule has 0 saturated heterocycles. The van der Waals surface area contributed by atoms with Crippen LogP contribution in [0.3, 0.4) is 0 Å². The Morgan fingerprint density at radius 3 is 1.88 bits per heavy atom. The Morgan fingerprint density at radius 2 is 1.28 bits per heavy atom. The summed E-state index contributed by atoms with van der Waals surface area (Å²) in [6.07, 6.45) is 10.5. The number of ether oxygens (including phenoxy) is 3. The summed E-state index contributed by atoms with van der Waals surface area (Å²) in [6, 6.07) is 5.17. The third kappa shape index (κ3) is 12.7. The van der Waals surface area contributed by atoms with Crippen molar-refractivity contribution in [3.8, 4) is 17.2 Å². The zero-order chi connectivity index (χ0) is 23.8. The van der Waals surface area contributed by atoms with Gasteiger partial charge in [-0.05, 0) is 43.2 Å². The molecule has 5 heteroatoms. The Kier molecular flexibility index (Phi) is 14.5. The van der Waals surface area contributed by atoms with Crippen molar-refractivity contribution in [2.24, 2.45) is 11.8 Å². The molecule has 0 unspecified atom stereocenters. The molecule has 0 amide bonds. The molecule has 0 aliphatic heterocycles. The van der Waals surface area contributed by atoms with Crippen LogP contribution >= 0.6 is 0 Å². The second kappa shape index (κ2) is 16.6. The molecule has 0 aliphatic carbocycles. The first-order valence-corrected chi connectivity index (χ1v) is 12.5. The van der Waals surface area contributed by atoms with Gasteiger partial charge < -0.3 is 14.2 Å². The Bertz CT molecular complexity index is 666. The van der Waals surface area contributed by atoms with Crippen LogP contribution in [0.5, 0.6) is 17.2 Å². The van der Waals surface area contributed by atoms with Crippen LogP contribution in [0.1, 0.15) is 105 Å². The highest BCUT2D eigenvalue weighted by atomic mass is 16.6. The molecular weight excluding hydrogens is 404 g/mol. The summed E-state index contributed by atoms with van der Waals surface area (Å²) in [5.41, 5.74) is 0. The quantitative estimate of drug-likeness (QED) is 0.140. The number of esters is 2. The molecule has 0 N–H and O–H groups in total. The average Bonchev–Trinajstić information content (AvgIpc) is 2.74. The number of hydrogen-bond acceptors (Lipinski definition) is 5. The molecule has 0 aliphatic rings. The number of para-hydroxylation sites is 1. The molecule has 5 nitrogen and oxygen atoms in total. The predicted octanol–water partition coefficient (Wildman–Crippen LogP) is 7.50. The van der Waals surface area contributed by atoms with Crippen LogP contribution in [0.4, 0.5) is 0 Å². The molecule has 0 spiro atoms. The number of carbonyl (C=O) groups is 2. The highest BCUT2D eigenvalue weighted by Gasteiger charge is 2.19. The fourth-order valence-corrected chi connectivity index (χ4v) is 3.18. The molecule has 1 aromatic carbocycles. The van der Waals surface area contributed by atoms with Crippen molar-refractivity contribution in [1.82, 2.24) is 0 Å². The van der Waals surface area contributed by atoms with E-state index in [9.17, 15) is 9.59 Å². The Balaban J connectivity index is 2.76. The molecule has 0 bridgehead atoms. The van der Waals surface area contributed by atoms with Crippen molar-refractivity contribution in [3.63, 3.8) is 0 Å². The number of hydrogen-bond donors (Lipinski definition) is 0. The molecule has 32 heavy (non-hydrogen) atoms. The molecule has 0 radical (unpaired) electrons. The lowest BCUT2D eigenvalue weighted by Crippen LogP contribution is -2.14. The van der Waals surface area contributed by atoms with Crippen LogP contribution in [0.2, 0.25) is 0 Å². The predicted molar refractivity (Wildman–Crippen MR) is 129 cm³/mol. The van der Waals surface area contributed by atoms with Crippen molar-refractivity contribution in [1.29, 1.82) is 0 Å². The number of carbonyl (C=O) groups excluding carboxylic acids is 2. The van der Waals surface area contributed by atoms with Crippen LogP contribution in [-0.4, -0.2) is 18.5 Å². The zero-order valence-electron chi connectivity index (χ0n) is 20.9. The molecule has 0 atom stereocenters. The maximum atomic E-state index is 12.4. The molecule has 1 aromatic rings. The second-order valence-electron chi connectivity index (χ2n) is 9.37. The minimum absolute atomic E-state index is 0.210. The lowest BCUT2D eigenvalue weighted by Gasteiger charge is -2.16. The first kappa shape index (κ1) is 28.0. The van der Waals surface area contributed by atoms with Crippen LogP contribution in [0.15, 0.2) is 18.2 Å². The fraction of sp³-hybridized carbons (Fsp3) is 0.704. The third-order valence-electron chi connectivity index (χ3n) is 5.24. The minimum Gasteiger partial charge on any atom is -0.490 e. The molecule has 0 heterocycles. The standard InChI is InChI=1S/C27H44O5/c1-6-7-8-9-10-11-12-20-30-23-14-13-15-24(31-25(28)18-16-21(2)3)27(23)32-26(29)19-17-22(4)5/h13-15,21-22H,6-12,16-20H2,1-5H3. The van der Waals surface area contributed by atoms with Gasteiger partial charge in [-0.1, -0.05) is 79.2 Å². The highest BCUT2D eigenvalue weighted by molar-refractivity contribution is 5.77. The highest BCUT2D eigenvalue weighted by Crippen LogP contribution is 2.38. The monoisotopic (exact) mass is 448 g/mol. The number of unbranched alkanes of at least 4 members (excludes halogenated alkanes) is 6. The van der Waals surface area contributed by atoms with E-state index in [4.69, 9.17) is 14.2 Å². The van der Waals surface area contributed by atoms with Gasteiger partial charge in [-0.2, -0.15) is 0 Å². The van der Waals surface area contributed by atoms with E-state index >= 15 is 0 Å². The van der Waals surface area contributed by atoms with Gasteiger partial charge in [-0.15, -0.1) is 0 Å². The maximum absolute atomic E-state index is 12.4. The summed E-state index contributed by atoms with van der Waals surface area (Å²) >= 11 is 0. The van der Waals surface area contributed by atoms with Crippen molar-refractivity contribution in [2.45, 2.75) is 105 Å². The first-order chi connectivity index (χ1) is 15.3. The van der Waals surface area contributed by atoms with Crippen LogP contribution in [0, 0.1) is 11.8 Å². The van der Waals surface area contributed by atoms with Gasteiger partial charge in [-0.3, -0.25) is 9.59 Å². The summed E-state index contributed by atoms with van der Waals surface area (Å²) in [5, 5.41) is 0. The normalized spacial score (nSPS) is 11.1. The Hall–Kier alpha value is -2.04. The minimum atomic E-state index is -0.342. The maximum Gasteiger partial charge on any atom is 0.311 e. The lowest BCUT2D eigenvalue weighted by atomic mass is 10.1. The first-order valence-electron chi connectivity index (χ1n) is 12.5. The summed E-state index contributed by atoms with van der Waals surface area (Å²) in [6.45, 7) is 11.0. The van der Waals surface area contributed by atoms with Gasteiger partial charge in [-0.25, -0.2) is 0 Å². The van der Waals surface area contributed by atoms with E-state index in [1.165, 1.54) is 32.1 Å². The third-order valence-corrected chi connectivity index (χ3v) is 5.24. The van der Waals surface area contributed by atoms with Crippen LogP contribution < -0.4 is 14.2 Å². The molecule has 182 valence electrons. The average molecular weight is 449 g/mol. The van der Waals surface area contributed by atoms with Gasteiger partial charge >= 0.3 is 11.9 Å². The van der Waals surface area contributed by atoms with Crippen LogP contribution in [0.25, 0.3) is 0 Å². The van der Waals surface area contributed by atoms with E-state index in [-0.39, 0.29) is 23.4 Å². The van der Waals surface area contributed by atoms with Gasteiger partial charge in [0.15, 0.2) is 11.5 Å². The van der Waals surface area contributed by atoms with E-state index in [2.05, 4.69) is 34.6 Å². The van der Waals surface area contributed by atoms with Gasteiger partial charge in [0.05, 0.1) is 6.61 Å². The van der Waals surface area contributed by atoms with E-state index < -0.39 is 0 Å². The van der Waals surface area contributed by atoms with Gasteiger partial charge in [0.25, 0.3) is 0 Å². The fourth-order valence-electron chi connectivity index (χ4n) is 3.18. The van der Waals surface area contributed by atoms with E-state index in [1.807, 2.05) is 0 Å². The zero-order valence-corrected chi connectivity index (χ0v) is 20.9. The summed E-state index contributed by atoms with van der Waals surface area (Å²) in [4.78, 5) is 24.7. The Labute approximate surface area is 195 Å². The van der Waals surface area contributed by atoms with Crippen molar-refractivity contribution < 1.29 is 23.8 Å². The van der Waals surface area contributed by atoms with E-state index in [0.717, 1.165) is 25.7 Å². The molecule has 0 saturated carbocycles. The topological polar surface area (TPSA) is 61.8 Å². The molecule has 1 rings (SSSR count). The number of rotatable bonds is 17. The van der Waals surface area contributed by atoms with E-state index in [1.54, 1.807) is 18.2 Å². The summed E-state index contributed by atoms with van der Waals surface area (Å²) < 4.78 is 17.1. The van der Waals surface area contributed by atoms with Gasteiger partial charge in [0.2, 0.25) is 5.75 Å². The van der Waals surface area contributed by atoms with Crippen molar-refractivity contribution >= 4 is 11.9 Å². The molecule has 0 fully saturated rings. The van der Waals surface area contributed by atoms with E-state index in [0.29, 0.717) is 37.0 Å². The van der Waals surface area contributed by atoms with Gasteiger partial charge in [0.1, 0.15) is 0 Å². The van der Waals surface area contributed by atoms with Crippen LogP contribution in [-0.2, 0) is 9.59 Å². The summed E-state index contributed by atoms with van der Waals surface area (Å²) in [5.74, 6) is 1.04. The smallest absolute Gasteiger partial charge is 0.311 e. The lowest BCUT2D eigenvalue weighted by molar-refractivity contribution is -0.137. The SMILES string of the molecule is CCCCCCCCCOc1cccc(OC(=O)CCC(C)C)c1OC(=O)CCC(C)C. The Morgan fingerprint density at radius 1 is 0.750 bits per heavy atom. The number of benzene rings is 1.